The zero-order valence-electron chi connectivity index (χ0n) is 12.1. The van der Waals surface area contributed by atoms with Gasteiger partial charge in [0.15, 0.2) is 0 Å². The molecule has 1 aromatic heterocycles. The predicted molar refractivity (Wildman–Crippen MR) is 74.3 cm³/mol. The van der Waals surface area contributed by atoms with E-state index in [1.165, 1.54) is 0 Å². The van der Waals surface area contributed by atoms with E-state index in [2.05, 4.69) is 15.7 Å². The summed E-state index contributed by atoms with van der Waals surface area (Å²) in [5.74, 6) is -1.01. The van der Waals surface area contributed by atoms with E-state index >= 15 is 0 Å². The van der Waals surface area contributed by atoms with Gasteiger partial charge in [0.1, 0.15) is 6.04 Å². The molecule has 3 N–H and O–H groups in total. The zero-order valence-corrected chi connectivity index (χ0v) is 12.1. The Morgan fingerprint density at radius 3 is 2.70 bits per heavy atom. The van der Waals surface area contributed by atoms with Gasteiger partial charge in [-0.05, 0) is 13.3 Å². The molecule has 0 aromatic carbocycles. The molecule has 0 fully saturated rings. The summed E-state index contributed by atoms with van der Waals surface area (Å²) in [6.45, 7) is 4.16. The van der Waals surface area contributed by atoms with Gasteiger partial charge in [0.25, 0.3) is 0 Å². The van der Waals surface area contributed by atoms with Crippen LogP contribution < -0.4 is 10.6 Å². The molecule has 0 radical (unpaired) electrons. The Bertz CT molecular complexity index is 470. The predicted octanol–water partition coefficient (Wildman–Crippen LogP) is 1.17. The van der Waals surface area contributed by atoms with Gasteiger partial charge in [0, 0.05) is 25.4 Å². The monoisotopic (exact) mass is 282 g/mol. The molecule has 0 unspecified atom stereocenters. The molecule has 1 heterocycles. The number of unbranched alkanes of at least 4 members (excludes halogenated alkanes) is 1. The van der Waals surface area contributed by atoms with Crippen LogP contribution in [0.3, 0.4) is 0 Å². The van der Waals surface area contributed by atoms with Gasteiger partial charge < -0.3 is 15.7 Å². The molecule has 2 amide bonds. The van der Waals surface area contributed by atoms with Gasteiger partial charge in [-0.2, -0.15) is 5.10 Å². The quantitative estimate of drug-likeness (QED) is 0.699. The fraction of sp³-hybridized carbons (Fsp3) is 0.615. The number of carboxylic acid groups (broad SMARTS) is 1. The van der Waals surface area contributed by atoms with E-state index < -0.39 is 18.0 Å². The standard InChI is InChI=1S/C13H22N4O3/c1-4-5-6-11(12(18)19)15-13(20)14-7-10-8-17(3)16-9(10)2/h8,11H,4-7H2,1-3H3,(H,18,19)(H2,14,15,20)/t11-/m0/s1. The normalized spacial score (nSPS) is 11.9. The molecule has 7 heteroatoms. The molecule has 20 heavy (non-hydrogen) atoms. The van der Waals surface area contributed by atoms with E-state index in [1.54, 1.807) is 4.68 Å². The summed E-state index contributed by atoms with van der Waals surface area (Å²) in [5.41, 5.74) is 1.75. The first-order valence-electron chi connectivity index (χ1n) is 6.70. The highest BCUT2D eigenvalue weighted by Crippen LogP contribution is 2.04. The van der Waals surface area contributed by atoms with Crippen LogP contribution in [-0.4, -0.2) is 32.9 Å². The summed E-state index contributed by atoms with van der Waals surface area (Å²) >= 11 is 0. The third kappa shape index (κ3) is 4.91. The number of aryl methyl sites for hydroxylation is 2. The Labute approximate surface area is 118 Å². The summed E-state index contributed by atoms with van der Waals surface area (Å²) in [5, 5.41) is 18.3. The van der Waals surface area contributed by atoms with Crippen LogP contribution in [0.5, 0.6) is 0 Å². The Hall–Kier alpha value is -2.05. The highest BCUT2D eigenvalue weighted by molar-refractivity contribution is 5.82. The molecule has 1 rings (SSSR count). The lowest BCUT2D eigenvalue weighted by Crippen LogP contribution is -2.45. The average molecular weight is 282 g/mol. The fourth-order valence-electron chi connectivity index (χ4n) is 1.87. The maximum atomic E-state index is 11.7. The number of hydrogen-bond donors (Lipinski definition) is 3. The van der Waals surface area contributed by atoms with Crippen LogP contribution in [0, 0.1) is 6.92 Å². The van der Waals surface area contributed by atoms with E-state index in [1.807, 2.05) is 27.1 Å². The smallest absolute Gasteiger partial charge is 0.326 e. The largest absolute Gasteiger partial charge is 0.480 e. The van der Waals surface area contributed by atoms with Gasteiger partial charge in [-0.3, -0.25) is 4.68 Å². The summed E-state index contributed by atoms with van der Waals surface area (Å²) < 4.78 is 1.67. The van der Waals surface area contributed by atoms with E-state index in [-0.39, 0.29) is 0 Å². The SMILES string of the molecule is CCCC[C@H](NC(=O)NCc1cn(C)nc1C)C(=O)O. The number of urea groups is 1. The second-order valence-corrected chi connectivity index (χ2v) is 4.77. The lowest BCUT2D eigenvalue weighted by atomic mass is 10.1. The van der Waals surface area contributed by atoms with Crippen molar-refractivity contribution in [3.63, 3.8) is 0 Å². The van der Waals surface area contributed by atoms with Crippen molar-refractivity contribution in [3.8, 4) is 0 Å². The number of aromatic nitrogens is 2. The summed E-state index contributed by atoms with van der Waals surface area (Å²) in [6.07, 6.45) is 3.91. The molecule has 1 atom stereocenters. The molecule has 0 bridgehead atoms. The van der Waals surface area contributed by atoms with Crippen molar-refractivity contribution in [1.82, 2.24) is 20.4 Å². The molecule has 0 aliphatic rings. The summed E-state index contributed by atoms with van der Waals surface area (Å²) in [4.78, 5) is 22.7. The molecule has 0 spiro atoms. The van der Waals surface area contributed by atoms with Crippen LogP contribution in [-0.2, 0) is 18.4 Å². The highest BCUT2D eigenvalue weighted by atomic mass is 16.4. The maximum Gasteiger partial charge on any atom is 0.326 e. The minimum Gasteiger partial charge on any atom is -0.480 e. The summed E-state index contributed by atoms with van der Waals surface area (Å²) in [6, 6.07) is -1.32. The molecule has 0 saturated carbocycles. The van der Waals surface area contributed by atoms with E-state index in [9.17, 15) is 9.59 Å². The number of nitrogens with one attached hydrogen (secondary N) is 2. The van der Waals surface area contributed by atoms with Crippen molar-refractivity contribution in [2.24, 2.45) is 7.05 Å². The highest BCUT2D eigenvalue weighted by Gasteiger charge is 2.19. The van der Waals surface area contributed by atoms with Gasteiger partial charge in [0.2, 0.25) is 0 Å². The summed E-state index contributed by atoms with van der Waals surface area (Å²) in [7, 11) is 1.81. The number of hydrogen-bond acceptors (Lipinski definition) is 3. The van der Waals surface area contributed by atoms with Gasteiger partial charge in [-0.1, -0.05) is 19.8 Å². The van der Waals surface area contributed by atoms with Crippen LogP contribution in [0.25, 0.3) is 0 Å². The topological polar surface area (TPSA) is 96.3 Å². The van der Waals surface area contributed by atoms with Gasteiger partial charge in [-0.15, -0.1) is 0 Å². The van der Waals surface area contributed by atoms with E-state index in [4.69, 9.17) is 5.11 Å². The molecule has 112 valence electrons. The van der Waals surface area contributed by atoms with Crippen molar-refractivity contribution in [2.45, 2.75) is 45.7 Å². The third-order valence-corrected chi connectivity index (χ3v) is 3.00. The van der Waals surface area contributed by atoms with Crippen LogP contribution in [0.2, 0.25) is 0 Å². The molecule has 0 aliphatic heterocycles. The van der Waals surface area contributed by atoms with Crippen molar-refractivity contribution in [1.29, 1.82) is 0 Å². The molecule has 1 aromatic rings. The maximum absolute atomic E-state index is 11.7. The van der Waals surface area contributed by atoms with Crippen molar-refractivity contribution in [2.75, 3.05) is 0 Å². The van der Waals surface area contributed by atoms with Gasteiger partial charge in [0.05, 0.1) is 5.69 Å². The van der Waals surface area contributed by atoms with Gasteiger partial charge >= 0.3 is 12.0 Å². The number of nitrogens with zero attached hydrogens (tertiary/aromatic N) is 2. The van der Waals surface area contributed by atoms with E-state index in [0.29, 0.717) is 13.0 Å². The Morgan fingerprint density at radius 2 is 2.20 bits per heavy atom. The first kappa shape index (κ1) is 16.0. The first-order valence-corrected chi connectivity index (χ1v) is 6.70. The number of aliphatic carboxylic acids is 1. The number of carbonyl (C=O) groups is 2. The number of rotatable bonds is 7. The Morgan fingerprint density at radius 1 is 1.50 bits per heavy atom. The Balaban J connectivity index is 2.45. The Kier molecular flexibility index (Phi) is 6.02. The fourth-order valence-corrected chi connectivity index (χ4v) is 1.87. The zero-order chi connectivity index (χ0) is 15.1. The van der Waals surface area contributed by atoms with Gasteiger partial charge in [-0.25, -0.2) is 9.59 Å². The molecule has 7 nitrogen and oxygen atoms in total. The molecular weight excluding hydrogens is 260 g/mol. The average Bonchev–Trinajstić information content (AvgIpc) is 2.70. The number of carbonyl (C=O) groups excluding carboxylic acids is 1. The minimum atomic E-state index is -1.01. The molecular formula is C13H22N4O3. The van der Waals surface area contributed by atoms with Crippen LogP contribution in [0.15, 0.2) is 6.20 Å². The molecule has 0 saturated heterocycles. The lowest BCUT2D eigenvalue weighted by molar-refractivity contribution is -0.139. The number of carboxylic acids is 1. The second-order valence-electron chi connectivity index (χ2n) is 4.77. The van der Waals surface area contributed by atoms with Crippen molar-refractivity contribution < 1.29 is 14.7 Å². The molecule has 0 aliphatic carbocycles. The minimum absolute atomic E-state index is 0.325. The lowest BCUT2D eigenvalue weighted by Gasteiger charge is -2.14. The van der Waals surface area contributed by atoms with E-state index in [0.717, 1.165) is 24.1 Å². The van der Waals surface area contributed by atoms with Crippen LogP contribution in [0.4, 0.5) is 4.79 Å². The second kappa shape index (κ2) is 7.52. The first-order chi connectivity index (χ1) is 9.43. The number of amides is 2. The van der Waals surface area contributed by atoms with Crippen molar-refractivity contribution in [3.05, 3.63) is 17.5 Å². The van der Waals surface area contributed by atoms with Crippen LogP contribution >= 0.6 is 0 Å². The van der Waals surface area contributed by atoms with Crippen LogP contribution in [0.1, 0.15) is 37.4 Å². The van der Waals surface area contributed by atoms with Crippen molar-refractivity contribution >= 4 is 12.0 Å². The third-order valence-electron chi connectivity index (χ3n) is 3.00.